The monoisotopic (exact) mass is 371 g/mol. The molecule has 8 heteroatoms. The Labute approximate surface area is 156 Å². The number of anilines is 1. The second-order valence-corrected chi connectivity index (χ2v) is 6.35. The third kappa shape index (κ3) is 3.60. The van der Waals surface area contributed by atoms with Crippen LogP contribution in [0.15, 0.2) is 33.9 Å². The SMILES string of the molecule is CCCCn1c(=O)c2c(NCC)[nH]nc2n(Cc2ccc(OC)cc2)c1=O. The molecule has 0 atom stereocenters. The first-order valence-corrected chi connectivity index (χ1v) is 9.19. The molecule has 0 bridgehead atoms. The molecule has 0 spiro atoms. The highest BCUT2D eigenvalue weighted by atomic mass is 16.5. The Morgan fingerprint density at radius 1 is 1.15 bits per heavy atom. The van der Waals surface area contributed by atoms with Crippen molar-refractivity contribution in [1.82, 2.24) is 19.3 Å². The van der Waals surface area contributed by atoms with E-state index < -0.39 is 0 Å². The molecule has 0 aliphatic heterocycles. The number of hydrogen-bond donors (Lipinski definition) is 2. The Kier molecular flexibility index (Phi) is 5.63. The highest BCUT2D eigenvalue weighted by molar-refractivity contribution is 5.86. The minimum atomic E-state index is -0.341. The van der Waals surface area contributed by atoms with Crippen molar-refractivity contribution in [3.63, 3.8) is 0 Å². The fourth-order valence-corrected chi connectivity index (χ4v) is 3.06. The highest BCUT2D eigenvalue weighted by Gasteiger charge is 2.19. The van der Waals surface area contributed by atoms with Gasteiger partial charge in [-0.2, -0.15) is 5.10 Å². The van der Waals surface area contributed by atoms with E-state index >= 15 is 0 Å². The van der Waals surface area contributed by atoms with Crippen LogP contribution in [-0.4, -0.2) is 33.0 Å². The van der Waals surface area contributed by atoms with Crippen molar-refractivity contribution in [1.29, 1.82) is 0 Å². The Balaban J connectivity index is 2.16. The van der Waals surface area contributed by atoms with Gasteiger partial charge in [0.15, 0.2) is 5.65 Å². The molecule has 0 amide bonds. The lowest BCUT2D eigenvalue weighted by molar-refractivity contribution is 0.414. The summed E-state index contributed by atoms with van der Waals surface area (Å²) in [4.78, 5) is 26.0. The Hall–Kier alpha value is -3.03. The number of hydrogen-bond acceptors (Lipinski definition) is 5. The molecular weight excluding hydrogens is 346 g/mol. The van der Waals surface area contributed by atoms with Crippen molar-refractivity contribution in [2.24, 2.45) is 0 Å². The average Bonchev–Trinajstić information content (AvgIpc) is 3.10. The molecule has 2 heterocycles. The van der Waals surface area contributed by atoms with Crippen LogP contribution in [0.1, 0.15) is 32.3 Å². The molecule has 0 radical (unpaired) electrons. The van der Waals surface area contributed by atoms with E-state index in [1.165, 1.54) is 4.57 Å². The van der Waals surface area contributed by atoms with Crippen LogP contribution in [0.2, 0.25) is 0 Å². The van der Waals surface area contributed by atoms with Crippen LogP contribution in [-0.2, 0) is 13.1 Å². The molecule has 2 aromatic heterocycles. The van der Waals surface area contributed by atoms with E-state index in [0.717, 1.165) is 24.2 Å². The number of unbranched alkanes of at least 4 members (excludes halogenated alkanes) is 1. The summed E-state index contributed by atoms with van der Waals surface area (Å²) in [5, 5.41) is 10.6. The molecule has 3 rings (SSSR count). The summed E-state index contributed by atoms with van der Waals surface area (Å²) in [5.74, 6) is 1.30. The molecule has 0 unspecified atom stereocenters. The van der Waals surface area contributed by atoms with Crippen molar-refractivity contribution >= 4 is 16.9 Å². The fraction of sp³-hybridized carbons (Fsp3) is 0.421. The maximum Gasteiger partial charge on any atom is 0.333 e. The minimum Gasteiger partial charge on any atom is -0.497 e. The first-order valence-electron chi connectivity index (χ1n) is 9.19. The number of nitrogens with zero attached hydrogens (tertiary/aromatic N) is 3. The minimum absolute atomic E-state index is 0.306. The standard InChI is InChI=1S/C19H25N5O3/c1-4-6-11-23-18(25)15-16(20-5-2)21-22-17(15)24(19(23)26)12-13-7-9-14(27-3)10-8-13/h7-10H,4-6,11-12H2,1-3H3,(H2,20,21,22). The summed E-state index contributed by atoms with van der Waals surface area (Å²) >= 11 is 0. The van der Waals surface area contributed by atoms with E-state index in [1.807, 2.05) is 38.1 Å². The van der Waals surface area contributed by atoms with E-state index in [2.05, 4.69) is 15.5 Å². The highest BCUT2D eigenvalue weighted by Crippen LogP contribution is 2.17. The van der Waals surface area contributed by atoms with Gasteiger partial charge in [-0.15, -0.1) is 0 Å². The Morgan fingerprint density at radius 2 is 1.89 bits per heavy atom. The number of nitrogens with one attached hydrogen (secondary N) is 2. The van der Waals surface area contributed by atoms with Crippen molar-refractivity contribution in [3.05, 3.63) is 50.7 Å². The van der Waals surface area contributed by atoms with Crippen molar-refractivity contribution in [2.45, 2.75) is 39.8 Å². The summed E-state index contributed by atoms with van der Waals surface area (Å²) in [6, 6.07) is 7.49. The van der Waals surface area contributed by atoms with Gasteiger partial charge >= 0.3 is 5.69 Å². The van der Waals surface area contributed by atoms with E-state index in [1.54, 1.807) is 11.7 Å². The zero-order valence-corrected chi connectivity index (χ0v) is 15.9. The summed E-state index contributed by atoms with van der Waals surface area (Å²) in [5.41, 5.74) is 0.642. The van der Waals surface area contributed by atoms with Crippen LogP contribution in [0.5, 0.6) is 5.75 Å². The number of fused-ring (bicyclic) bond motifs is 1. The fourth-order valence-electron chi connectivity index (χ4n) is 3.06. The third-order valence-electron chi connectivity index (χ3n) is 4.51. The molecular formula is C19H25N5O3. The molecule has 0 fully saturated rings. The van der Waals surface area contributed by atoms with E-state index in [-0.39, 0.29) is 11.2 Å². The van der Waals surface area contributed by atoms with Crippen LogP contribution in [0.4, 0.5) is 5.82 Å². The summed E-state index contributed by atoms with van der Waals surface area (Å²) < 4.78 is 8.04. The molecule has 27 heavy (non-hydrogen) atoms. The van der Waals surface area contributed by atoms with Crippen LogP contribution < -0.4 is 21.3 Å². The van der Waals surface area contributed by atoms with Crippen LogP contribution in [0, 0.1) is 0 Å². The number of rotatable bonds is 8. The van der Waals surface area contributed by atoms with E-state index in [4.69, 9.17) is 4.74 Å². The smallest absolute Gasteiger partial charge is 0.333 e. The molecule has 0 aliphatic carbocycles. The molecule has 1 aromatic carbocycles. The van der Waals surface area contributed by atoms with Gasteiger partial charge in [-0.05, 0) is 31.0 Å². The third-order valence-corrected chi connectivity index (χ3v) is 4.51. The summed E-state index contributed by atoms with van der Waals surface area (Å²) in [6.45, 7) is 5.33. The molecule has 0 saturated carbocycles. The van der Waals surface area contributed by atoms with Gasteiger partial charge in [-0.25, -0.2) is 4.79 Å². The maximum atomic E-state index is 13.0. The number of methoxy groups -OCH3 is 1. The topological polar surface area (TPSA) is 93.9 Å². The first-order chi connectivity index (χ1) is 13.1. The van der Waals surface area contributed by atoms with Crippen LogP contribution >= 0.6 is 0 Å². The average molecular weight is 371 g/mol. The quantitative estimate of drug-likeness (QED) is 0.633. The summed E-state index contributed by atoms with van der Waals surface area (Å²) in [7, 11) is 1.61. The number of benzene rings is 1. The Morgan fingerprint density at radius 3 is 2.52 bits per heavy atom. The van der Waals surface area contributed by atoms with Gasteiger partial charge in [0, 0.05) is 13.1 Å². The predicted molar refractivity (Wildman–Crippen MR) is 106 cm³/mol. The van der Waals surface area contributed by atoms with Gasteiger partial charge in [0.25, 0.3) is 5.56 Å². The van der Waals surface area contributed by atoms with Gasteiger partial charge in [0.2, 0.25) is 0 Å². The lowest BCUT2D eigenvalue weighted by atomic mass is 10.2. The molecule has 3 aromatic rings. The van der Waals surface area contributed by atoms with Crippen LogP contribution in [0.3, 0.4) is 0 Å². The van der Waals surface area contributed by atoms with E-state index in [9.17, 15) is 9.59 Å². The van der Waals surface area contributed by atoms with E-state index in [0.29, 0.717) is 36.5 Å². The molecule has 2 N–H and O–H groups in total. The zero-order chi connectivity index (χ0) is 19.4. The normalized spacial score (nSPS) is 11.1. The number of aromatic amines is 1. The van der Waals surface area contributed by atoms with Gasteiger partial charge in [0.05, 0.1) is 13.7 Å². The Bertz CT molecular complexity index is 1030. The molecule has 8 nitrogen and oxygen atoms in total. The van der Waals surface area contributed by atoms with Gasteiger partial charge in [-0.1, -0.05) is 25.5 Å². The number of H-pyrrole nitrogens is 1. The first kappa shape index (κ1) is 18.8. The maximum absolute atomic E-state index is 13.0. The van der Waals surface area contributed by atoms with Gasteiger partial charge in [0.1, 0.15) is 17.0 Å². The second-order valence-electron chi connectivity index (χ2n) is 6.35. The second kappa shape index (κ2) is 8.11. The number of aromatic nitrogens is 4. The van der Waals surface area contributed by atoms with Crippen molar-refractivity contribution < 1.29 is 4.74 Å². The van der Waals surface area contributed by atoms with Crippen molar-refractivity contribution in [2.75, 3.05) is 19.0 Å². The molecule has 0 aliphatic rings. The number of ether oxygens (including phenoxy) is 1. The van der Waals surface area contributed by atoms with Crippen molar-refractivity contribution in [3.8, 4) is 5.75 Å². The molecule has 144 valence electrons. The van der Waals surface area contributed by atoms with Gasteiger partial charge in [-0.3, -0.25) is 19.0 Å². The largest absolute Gasteiger partial charge is 0.497 e. The molecule has 0 saturated heterocycles. The summed E-state index contributed by atoms with van der Waals surface area (Å²) in [6.07, 6.45) is 1.66. The lowest BCUT2D eigenvalue weighted by Crippen LogP contribution is -2.40. The predicted octanol–water partition coefficient (Wildman–Crippen LogP) is 2.18. The van der Waals surface area contributed by atoms with Gasteiger partial charge < -0.3 is 10.1 Å². The lowest BCUT2D eigenvalue weighted by Gasteiger charge is -2.12. The van der Waals surface area contributed by atoms with Crippen LogP contribution in [0.25, 0.3) is 11.0 Å². The zero-order valence-electron chi connectivity index (χ0n) is 15.9.